The highest BCUT2D eigenvalue weighted by molar-refractivity contribution is 9.10. The Morgan fingerprint density at radius 1 is 1.56 bits per heavy atom. The Morgan fingerprint density at radius 3 is 2.89 bits per heavy atom. The number of halogens is 1. The highest BCUT2D eigenvalue weighted by atomic mass is 79.9. The summed E-state index contributed by atoms with van der Waals surface area (Å²) in [6.07, 6.45) is 3.65. The van der Waals surface area contributed by atoms with E-state index in [1.54, 1.807) is 24.1 Å². The number of hydrogen-bond acceptors (Lipinski definition) is 4. The highest BCUT2D eigenvalue weighted by Gasteiger charge is 2.34. The summed E-state index contributed by atoms with van der Waals surface area (Å²) in [7, 11) is 0. The van der Waals surface area contributed by atoms with E-state index in [2.05, 4.69) is 26.2 Å². The summed E-state index contributed by atoms with van der Waals surface area (Å²) in [5, 5.41) is 7.93. The summed E-state index contributed by atoms with van der Waals surface area (Å²) in [5.74, 6) is 0.556. The van der Waals surface area contributed by atoms with Crippen LogP contribution >= 0.6 is 15.9 Å². The minimum Gasteiger partial charge on any atom is -0.361 e. The van der Waals surface area contributed by atoms with Gasteiger partial charge in [0.1, 0.15) is 5.76 Å². The van der Waals surface area contributed by atoms with Crippen LogP contribution in [0.25, 0.3) is 0 Å². The summed E-state index contributed by atoms with van der Waals surface area (Å²) in [4.78, 5) is 13.7. The van der Waals surface area contributed by atoms with Crippen LogP contribution in [-0.4, -0.2) is 38.8 Å². The smallest absolute Gasteiger partial charge is 0.276 e. The zero-order valence-electron chi connectivity index (χ0n) is 9.71. The lowest BCUT2D eigenvalue weighted by molar-refractivity contribution is 0.0491. The Morgan fingerprint density at radius 2 is 2.33 bits per heavy atom. The lowest BCUT2D eigenvalue weighted by Crippen LogP contribution is -2.50. The molecular formula is C11H11BrN4O2. The molecule has 2 aromatic heterocycles. The SMILES string of the molecule is Cc1cc(C(=O)N2CC(n3cc(Br)cn3)C2)no1. The van der Waals surface area contributed by atoms with Gasteiger partial charge in [-0.2, -0.15) is 5.10 Å². The van der Waals surface area contributed by atoms with Gasteiger partial charge in [0.2, 0.25) is 0 Å². The van der Waals surface area contributed by atoms with Crippen molar-refractivity contribution >= 4 is 21.8 Å². The molecule has 0 spiro atoms. The minimum atomic E-state index is -0.0886. The van der Waals surface area contributed by atoms with Gasteiger partial charge in [0, 0.05) is 25.4 Å². The number of carbonyl (C=O) groups excluding carboxylic acids is 1. The fourth-order valence-electron chi connectivity index (χ4n) is 1.93. The monoisotopic (exact) mass is 310 g/mol. The average Bonchev–Trinajstić information content (AvgIpc) is 2.85. The molecule has 2 aromatic rings. The molecule has 1 saturated heterocycles. The zero-order valence-corrected chi connectivity index (χ0v) is 11.3. The van der Waals surface area contributed by atoms with Gasteiger partial charge >= 0.3 is 0 Å². The topological polar surface area (TPSA) is 64.2 Å². The third-order valence-corrected chi connectivity index (χ3v) is 3.35. The van der Waals surface area contributed by atoms with E-state index in [0.717, 1.165) is 4.47 Å². The standard InChI is InChI=1S/C11H11BrN4O2/c1-7-2-10(14-18-7)11(17)15-5-9(6-15)16-4-8(12)3-13-16/h2-4,9H,5-6H2,1H3. The molecule has 3 rings (SSSR count). The number of amides is 1. The maximum atomic E-state index is 12.0. The second kappa shape index (κ2) is 4.24. The van der Waals surface area contributed by atoms with E-state index in [0.29, 0.717) is 24.5 Å². The summed E-state index contributed by atoms with van der Waals surface area (Å²) in [6, 6.07) is 1.90. The minimum absolute atomic E-state index is 0.0886. The Labute approximate surface area is 112 Å². The first-order chi connectivity index (χ1) is 8.63. The summed E-state index contributed by atoms with van der Waals surface area (Å²) in [5.41, 5.74) is 0.368. The number of hydrogen-bond donors (Lipinski definition) is 0. The molecule has 0 radical (unpaired) electrons. The fourth-order valence-corrected chi connectivity index (χ4v) is 2.23. The third-order valence-electron chi connectivity index (χ3n) is 2.94. The van der Waals surface area contributed by atoms with Crippen LogP contribution in [0.1, 0.15) is 22.3 Å². The van der Waals surface area contributed by atoms with E-state index in [9.17, 15) is 4.79 Å². The number of aromatic nitrogens is 3. The molecule has 0 aromatic carbocycles. The van der Waals surface area contributed by atoms with Gasteiger partial charge in [-0.05, 0) is 22.9 Å². The molecule has 6 nitrogen and oxygen atoms in total. The molecule has 94 valence electrons. The van der Waals surface area contributed by atoms with Crippen LogP contribution in [0.15, 0.2) is 27.5 Å². The van der Waals surface area contributed by atoms with Gasteiger partial charge in [-0.25, -0.2) is 0 Å². The first kappa shape index (κ1) is 11.5. The van der Waals surface area contributed by atoms with E-state index < -0.39 is 0 Å². The van der Waals surface area contributed by atoms with Gasteiger partial charge in [-0.15, -0.1) is 0 Å². The molecule has 1 aliphatic heterocycles. The molecule has 0 saturated carbocycles. The number of carbonyl (C=O) groups is 1. The lowest BCUT2D eigenvalue weighted by atomic mass is 10.1. The predicted molar refractivity (Wildman–Crippen MR) is 66.1 cm³/mol. The summed E-state index contributed by atoms with van der Waals surface area (Å²) < 4.78 is 7.70. The molecule has 18 heavy (non-hydrogen) atoms. The molecule has 1 aliphatic rings. The van der Waals surface area contributed by atoms with Crippen molar-refractivity contribution in [3.8, 4) is 0 Å². The van der Waals surface area contributed by atoms with Crippen molar-refractivity contribution in [3.05, 3.63) is 34.4 Å². The Kier molecular flexibility index (Phi) is 2.70. The molecule has 0 unspecified atom stereocenters. The molecule has 0 N–H and O–H groups in total. The summed E-state index contributed by atoms with van der Waals surface area (Å²) >= 11 is 3.35. The van der Waals surface area contributed by atoms with Crippen molar-refractivity contribution in [2.45, 2.75) is 13.0 Å². The third kappa shape index (κ3) is 1.94. The fraction of sp³-hybridized carbons (Fsp3) is 0.364. The van der Waals surface area contributed by atoms with Gasteiger partial charge in [0.15, 0.2) is 5.69 Å². The average molecular weight is 311 g/mol. The second-order valence-electron chi connectivity index (χ2n) is 4.33. The van der Waals surface area contributed by atoms with E-state index in [-0.39, 0.29) is 11.9 Å². The van der Waals surface area contributed by atoms with Crippen LogP contribution in [-0.2, 0) is 0 Å². The molecule has 0 bridgehead atoms. The van der Waals surface area contributed by atoms with E-state index in [4.69, 9.17) is 4.52 Å². The molecule has 3 heterocycles. The second-order valence-corrected chi connectivity index (χ2v) is 5.24. The maximum absolute atomic E-state index is 12.0. The molecular weight excluding hydrogens is 300 g/mol. The van der Waals surface area contributed by atoms with E-state index in [1.807, 2.05) is 10.9 Å². The maximum Gasteiger partial charge on any atom is 0.276 e. The van der Waals surface area contributed by atoms with Crippen LogP contribution in [0.4, 0.5) is 0 Å². The van der Waals surface area contributed by atoms with Gasteiger partial charge < -0.3 is 9.42 Å². The number of nitrogens with zero attached hydrogens (tertiary/aromatic N) is 4. The lowest BCUT2D eigenvalue weighted by Gasteiger charge is -2.38. The quantitative estimate of drug-likeness (QED) is 0.846. The van der Waals surface area contributed by atoms with Crippen LogP contribution in [0.2, 0.25) is 0 Å². The van der Waals surface area contributed by atoms with Gasteiger partial charge in [0.25, 0.3) is 5.91 Å². The predicted octanol–water partition coefficient (Wildman–Crippen LogP) is 1.64. The van der Waals surface area contributed by atoms with Crippen LogP contribution < -0.4 is 0 Å². The van der Waals surface area contributed by atoms with Crippen LogP contribution in [0.3, 0.4) is 0 Å². The van der Waals surface area contributed by atoms with Gasteiger partial charge in [-0.1, -0.05) is 5.16 Å². The molecule has 1 fully saturated rings. The normalized spacial score (nSPS) is 15.8. The number of aryl methyl sites for hydroxylation is 1. The Bertz CT molecular complexity index is 585. The van der Waals surface area contributed by atoms with E-state index >= 15 is 0 Å². The summed E-state index contributed by atoms with van der Waals surface area (Å²) in [6.45, 7) is 3.07. The van der Waals surface area contributed by atoms with Crippen LogP contribution in [0.5, 0.6) is 0 Å². The zero-order chi connectivity index (χ0) is 12.7. The Hall–Kier alpha value is -1.63. The van der Waals surface area contributed by atoms with Gasteiger partial charge in [0.05, 0.1) is 16.7 Å². The van der Waals surface area contributed by atoms with Crippen molar-refractivity contribution in [1.29, 1.82) is 0 Å². The molecule has 1 amide bonds. The van der Waals surface area contributed by atoms with Crippen molar-refractivity contribution < 1.29 is 9.32 Å². The number of likely N-dealkylation sites (tertiary alicyclic amines) is 1. The van der Waals surface area contributed by atoms with Crippen LogP contribution in [0, 0.1) is 6.92 Å². The van der Waals surface area contributed by atoms with Crippen molar-refractivity contribution in [3.63, 3.8) is 0 Å². The Balaban J connectivity index is 1.64. The van der Waals surface area contributed by atoms with Crippen molar-refractivity contribution in [2.24, 2.45) is 0 Å². The first-order valence-electron chi connectivity index (χ1n) is 5.56. The number of rotatable bonds is 2. The molecule has 0 atom stereocenters. The van der Waals surface area contributed by atoms with E-state index in [1.165, 1.54) is 0 Å². The van der Waals surface area contributed by atoms with Crippen molar-refractivity contribution in [1.82, 2.24) is 19.8 Å². The molecule has 7 heteroatoms. The highest BCUT2D eigenvalue weighted by Crippen LogP contribution is 2.23. The van der Waals surface area contributed by atoms with Gasteiger partial charge in [-0.3, -0.25) is 9.48 Å². The van der Waals surface area contributed by atoms with Crippen molar-refractivity contribution in [2.75, 3.05) is 13.1 Å². The molecule has 0 aliphatic carbocycles. The first-order valence-corrected chi connectivity index (χ1v) is 6.35. The largest absolute Gasteiger partial charge is 0.361 e.